The summed E-state index contributed by atoms with van der Waals surface area (Å²) in [6.45, 7) is 7.37. The molecule has 1 aromatic heterocycles. The molecule has 0 spiro atoms. The Labute approximate surface area is 137 Å². The van der Waals surface area contributed by atoms with Gasteiger partial charge in [0.1, 0.15) is 6.10 Å². The molecule has 0 radical (unpaired) electrons. The average Bonchev–Trinajstić information content (AvgIpc) is 2.48. The van der Waals surface area contributed by atoms with Gasteiger partial charge in [0, 0.05) is 28.8 Å². The van der Waals surface area contributed by atoms with Gasteiger partial charge in [-0.15, -0.1) is 0 Å². The highest BCUT2D eigenvalue weighted by Gasteiger charge is 2.26. The Kier molecular flexibility index (Phi) is 6.49. The van der Waals surface area contributed by atoms with Gasteiger partial charge < -0.3 is 10.1 Å². The molecular formula is C17H27BrN2O. The molecule has 1 heterocycles. The summed E-state index contributed by atoms with van der Waals surface area (Å²) in [5, 5.41) is 3.45. The van der Waals surface area contributed by atoms with Gasteiger partial charge in [0.2, 0.25) is 5.88 Å². The predicted molar refractivity (Wildman–Crippen MR) is 90.6 cm³/mol. The summed E-state index contributed by atoms with van der Waals surface area (Å²) < 4.78 is 7.31. The zero-order valence-corrected chi connectivity index (χ0v) is 14.9. The van der Waals surface area contributed by atoms with Gasteiger partial charge in [0.25, 0.3) is 0 Å². The van der Waals surface area contributed by atoms with Crippen molar-refractivity contribution in [3.63, 3.8) is 0 Å². The molecule has 0 aliphatic heterocycles. The first-order chi connectivity index (χ1) is 10.1. The van der Waals surface area contributed by atoms with Crippen LogP contribution in [-0.2, 0) is 6.54 Å². The topological polar surface area (TPSA) is 34.1 Å². The van der Waals surface area contributed by atoms with Gasteiger partial charge in [-0.1, -0.05) is 27.2 Å². The smallest absolute Gasteiger partial charge is 0.218 e. The molecule has 1 saturated carbocycles. The molecule has 2 atom stereocenters. The SMILES string of the molecule is CCC1CCCCC1Oc1ncc(Br)cc1CNC(C)C. The first kappa shape index (κ1) is 16.8. The molecule has 4 heteroatoms. The van der Waals surface area contributed by atoms with Crippen LogP contribution in [0, 0.1) is 5.92 Å². The zero-order valence-electron chi connectivity index (χ0n) is 13.4. The van der Waals surface area contributed by atoms with E-state index in [9.17, 15) is 0 Å². The van der Waals surface area contributed by atoms with Gasteiger partial charge in [0.05, 0.1) is 0 Å². The fourth-order valence-electron chi connectivity index (χ4n) is 2.95. The van der Waals surface area contributed by atoms with Crippen molar-refractivity contribution in [3.8, 4) is 5.88 Å². The van der Waals surface area contributed by atoms with Crippen molar-refractivity contribution in [1.82, 2.24) is 10.3 Å². The van der Waals surface area contributed by atoms with Crippen LogP contribution in [0.4, 0.5) is 0 Å². The summed E-state index contributed by atoms with van der Waals surface area (Å²) in [4.78, 5) is 4.51. The molecule has 1 aromatic rings. The molecular weight excluding hydrogens is 328 g/mol. The van der Waals surface area contributed by atoms with Crippen LogP contribution in [0.5, 0.6) is 5.88 Å². The van der Waals surface area contributed by atoms with Crippen LogP contribution in [-0.4, -0.2) is 17.1 Å². The lowest BCUT2D eigenvalue weighted by Gasteiger charge is -2.31. The van der Waals surface area contributed by atoms with Gasteiger partial charge in [0.15, 0.2) is 0 Å². The van der Waals surface area contributed by atoms with Crippen molar-refractivity contribution in [2.45, 2.75) is 71.6 Å². The first-order valence-corrected chi connectivity index (χ1v) is 8.94. The monoisotopic (exact) mass is 354 g/mol. The van der Waals surface area contributed by atoms with E-state index in [1.807, 2.05) is 6.20 Å². The van der Waals surface area contributed by atoms with E-state index in [2.05, 4.69) is 53.1 Å². The first-order valence-electron chi connectivity index (χ1n) is 8.14. The summed E-state index contributed by atoms with van der Waals surface area (Å²) >= 11 is 3.51. The maximum atomic E-state index is 6.31. The summed E-state index contributed by atoms with van der Waals surface area (Å²) in [7, 11) is 0. The minimum Gasteiger partial charge on any atom is -0.474 e. The number of halogens is 1. The summed E-state index contributed by atoms with van der Waals surface area (Å²) in [5.41, 5.74) is 1.14. The van der Waals surface area contributed by atoms with E-state index in [0.717, 1.165) is 28.9 Å². The number of rotatable bonds is 6. The second-order valence-electron chi connectivity index (χ2n) is 6.26. The van der Waals surface area contributed by atoms with E-state index in [1.165, 1.54) is 25.7 Å². The number of nitrogens with zero attached hydrogens (tertiary/aromatic N) is 1. The van der Waals surface area contributed by atoms with E-state index >= 15 is 0 Å². The van der Waals surface area contributed by atoms with Gasteiger partial charge in [-0.05, 0) is 53.6 Å². The molecule has 21 heavy (non-hydrogen) atoms. The average molecular weight is 355 g/mol. The largest absolute Gasteiger partial charge is 0.474 e. The lowest BCUT2D eigenvalue weighted by Crippen LogP contribution is -2.31. The lowest BCUT2D eigenvalue weighted by atomic mass is 9.85. The van der Waals surface area contributed by atoms with Crippen LogP contribution in [0.3, 0.4) is 0 Å². The van der Waals surface area contributed by atoms with Crippen LogP contribution < -0.4 is 10.1 Å². The highest BCUT2D eigenvalue weighted by molar-refractivity contribution is 9.10. The summed E-state index contributed by atoms with van der Waals surface area (Å²) in [6, 6.07) is 2.57. The molecule has 1 aliphatic rings. The Hall–Kier alpha value is -0.610. The van der Waals surface area contributed by atoms with Gasteiger partial charge in [-0.25, -0.2) is 4.98 Å². The molecule has 0 amide bonds. The van der Waals surface area contributed by atoms with Gasteiger partial charge >= 0.3 is 0 Å². The molecule has 0 bridgehead atoms. The van der Waals surface area contributed by atoms with Crippen molar-refractivity contribution < 1.29 is 4.74 Å². The number of hydrogen-bond donors (Lipinski definition) is 1. The zero-order chi connectivity index (χ0) is 15.2. The fourth-order valence-corrected chi connectivity index (χ4v) is 3.33. The molecule has 2 rings (SSSR count). The standard InChI is InChI=1S/C17H27BrN2O/c1-4-13-7-5-6-8-16(13)21-17-14(10-19-12(2)3)9-15(18)11-20-17/h9,11-13,16,19H,4-8,10H2,1-3H3. The number of hydrogen-bond acceptors (Lipinski definition) is 3. The molecule has 1 fully saturated rings. The third-order valence-corrected chi connectivity index (χ3v) is 4.65. The summed E-state index contributed by atoms with van der Waals surface area (Å²) in [5.74, 6) is 1.48. The Balaban J connectivity index is 2.10. The Bertz CT molecular complexity index is 450. The van der Waals surface area contributed by atoms with E-state index < -0.39 is 0 Å². The molecule has 1 N–H and O–H groups in total. The Morgan fingerprint density at radius 2 is 2.14 bits per heavy atom. The lowest BCUT2D eigenvalue weighted by molar-refractivity contribution is 0.0846. The molecule has 118 valence electrons. The van der Waals surface area contributed by atoms with E-state index in [1.54, 1.807) is 0 Å². The van der Waals surface area contributed by atoms with Crippen molar-refractivity contribution in [2.24, 2.45) is 5.92 Å². The van der Waals surface area contributed by atoms with E-state index in [0.29, 0.717) is 18.1 Å². The van der Waals surface area contributed by atoms with Crippen molar-refractivity contribution in [2.75, 3.05) is 0 Å². The van der Waals surface area contributed by atoms with Crippen molar-refractivity contribution in [1.29, 1.82) is 0 Å². The fraction of sp³-hybridized carbons (Fsp3) is 0.706. The summed E-state index contributed by atoms with van der Waals surface area (Å²) in [6.07, 6.45) is 8.42. The van der Waals surface area contributed by atoms with Gasteiger partial charge in [-0.2, -0.15) is 0 Å². The normalized spacial score (nSPS) is 22.5. The number of nitrogens with one attached hydrogen (secondary N) is 1. The van der Waals surface area contributed by atoms with Gasteiger partial charge in [-0.3, -0.25) is 0 Å². The van der Waals surface area contributed by atoms with Crippen LogP contribution in [0.2, 0.25) is 0 Å². The number of aromatic nitrogens is 1. The Morgan fingerprint density at radius 1 is 1.38 bits per heavy atom. The van der Waals surface area contributed by atoms with Crippen molar-refractivity contribution in [3.05, 3.63) is 22.3 Å². The third-order valence-electron chi connectivity index (χ3n) is 4.22. The van der Waals surface area contributed by atoms with Crippen LogP contribution in [0.15, 0.2) is 16.7 Å². The maximum Gasteiger partial charge on any atom is 0.218 e. The molecule has 0 aromatic carbocycles. The van der Waals surface area contributed by atoms with Crippen molar-refractivity contribution >= 4 is 15.9 Å². The highest BCUT2D eigenvalue weighted by atomic mass is 79.9. The second-order valence-corrected chi connectivity index (χ2v) is 7.18. The maximum absolute atomic E-state index is 6.31. The third kappa shape index (κ3) is 4.96. The van der Waals surface area contributed by atoms with Crippen LogP contribution in [0.1, 0.15) is 58.4 Å². The molecule has 3 nitrogen and oxygen atoms in total. The van der Waals surface area contributed by atoms with E-state index in [-0.39, 0.29) is 0 Å². The predicted octanol–water partition coefficient (Wildman–Crippen LogP) is 4.69. The minimum atomic E-state index is 0.329. The minimum absolute atomic E-state index is 0.329. The second kappa shape index (κ2) is 8.14. The highest BCUT2D eigenvalue weighted by Crippen LogP contribution is 2.31. The van der Waals surface area contributed by atoms with Crippen LogP contribution in [0.25, 0.3) is 0 Å². The van der Waals surface area contributed by atoms with E-state index in [4.69, 9.17) is 4.74 Å². The number of pyridine rings is 1. The molecule has 1 aliphatic carbocycles. The van der Waals surface area contributed by atoms with Crippen LogP contribution >= 0.6 is 15.9 Å². The Morgan fingerprint density at radius 3 is 2.86 bits per heavy atom. The molecule has 2 unspecified atom stereocenters. The number of ether oxygens (including phenoxy) is 1. The quantitative estimate of drug-likeness (QED) is 0.804. The molecule has 0 saturated heterocycles.